The van der Waals surface area contributed by atoms with Gasteiger partial charge in [0.1, 0.15) is 13.2 Å². The number of ether oxygens (including phenoxy) is 4. The van der Waals surface area contributed by atoms with Crippen LogP contribution >= 0.6 is 0 Å². The standard InChI is InChI=1S/C30H56N2O10/c33-27(15-13-11-9-7-5-3-1-2-4-6-8-10-12-14-16-29(35)36)31-17-19-39-21-23-41-25-28(34)32-18-20-40-22-24-42-26-30(37)38/h1-26H2,(H,31,33)(H,32,34)(H,35,36)(H,37,38). The number of hydrogen-bond donors (Lipinski definition) is 4. The number of rotatable bonds is 33. The summed E-state index contributed by atoms with van der Waals surface area (Å²) in [7, 11) is 0. The Balaban J connectivity index is 3.26. The van der Waals surface area contributed by atoms with Gasteiger partial charge >= 0.3 is 11.9 Å². The van der Waals surface area contributed by atoms with Gasteiger partial charge in [0.15, 0.2) is 0 Å². The van der Waals surface area contributed by atoms with Gasteiger partial charge in [0, 0.05) is 25.9 Å². The molecule has 0 fully saturated rings. The Kier molecular flexibility index (Phi) is 29.9. The predicted molar refractivity (Wildman–Crippen MR) is 158 cm³/mol. The number of carbonyl (C=O) groups excluding carboxylic acids is 2. The van der Waals surface area contributed by atoms with Crippen LogP contribution in [-0.4, -0.2) is 99.9 Å². The van der Waals surface area contributed by atoms with Gasteiger partial charge in [-0.1, -0.05) is 77.0 Å². The molecule has 4 N–H and O–H groups in total. The lowest BCUT2D eigenvalue weighted by Gasteiger charge is -2.08. The third kappa shape index (κ3) is 33.9. The highest BCUT2D eigenvalue weighted by Crippen LogP contribution is 2.13. The minimum atomic E-state index is -1.03. The van der Waals surface area contributed by atoms with Gasteiger partial charge < -0.3 is 39.8 Å². The van der Waals surface area contributed by atoms with Crippen molar-refractivity contribution in [3.05, 3.63) is 0 Å². The Morgan fingerprint density at radius 1 is 0.405 bits per heavy atom. The van der Waals surface area contributed by atoms with E-state index in [1.54, 1.807) is 0 Å². The largest absolute Gasteiger partial charge is 0.481 e. The lowest BCUT2D eigenvalue weighted by molar-refractivity contribution is -0.143. The molecular weight excluding hydrogens is 548 g/mol. The number of amides is 2. The van der Waals surface area contributed by atoms with Crippen LogP contribution in [0, 0.1) is 0 Å². The summed E-state index contributed by atoms with van der Waals surface area (Å²) in [5.41, 5.74) is 0. The molecule has 0 saturated carbocycles. The van der Waals surface area contributed by atoms with Gasteiger partial charge in [0.05, 0.1) is 39.6 Å². The van der Waals surface area contributed by atoms with Gasteiger partial charge in [-0.2, -0.15) is 0 Å². The summed E-state index contributed by atoms with van der Waals surface area (Å²) in [6.45, 7) is 2.05. The van der Waals surface area contributed by atoms with E-state index >= 15 is 0 Å². The predicted octanol–water partition coefficient (Wildman–Crippen LogP) is 3.70. The maximum atomic E-state index is 11.9. The Labute approximate surface area is 251 Å². The van der Waals surface area contributed by atoms with E-state index in [4.69, 9.17) is 29.2 Å². The zero-order chi connectivity index (χ0) is 30.9. The second-order valence-corrected chi connectivity index (χ2v) is 10.3. The average Bonchev–Trinajstić information content (AvgIpc) is 2.95. The minimum absolute atomic E-state index is 0.0465. The molecule has 0 aliphatic carbocycles. The second-order valence-electron chi connectivity index (χ2n) is 10.3. The molecule has 0 heterocycles. The molecule has 12 heteroatoms. The van der Waals surface area contributed by atoms with Crippen LogP contribution in [0.15, 0.2) is 0 Å². The van der Waals surface area contributed by atoms with Crippen molar-refractivity contribution in [3.63, 3.8) is 0 Å². The zero-order valence-corrected chi connectivity index (χ0v) is 25.5. The Bertz CT molecular complexity index is 678. The van der Waals surface area contributed by atoms with Crippen molar-refractivity contribution >= 4 is 23.8 Å². The van der Waals surface area contributed by atoms with Crippen LogP contribution in [-0.2, 0) is 38.1 Å². The third-order valence-corrected chi connectivity index (χ3v) is 6.38. The van der Waals surface area contributed by atoms with Crippen LogP contribution in [0.2, 0.25) is 0 Å². The average molecular weight is 605 g/mol. The lowest BCUT2D eigenvalue weighted by atomic mass is 10.0. The normalized spacial score (nSPS) is 11.0. The fraction of sp³-hybridized carbons (Fsp3) is 0.867. The van der Waals surface area contributed by atoms with Crippen molar-refractivity contribution in [3.8, 4) is 0 Å². The molecule has 0 rings (SSSR count). The van der Waals surface area contributed by atoms with E-state index in [0.29, 0.717) is 45.8 Å². The molecule has 0 spiro atoms. The number of nitrogens with one attached hydrogen (secondary N) is 2. The number of aliphatic carboxylic acids is 2. The minimum Gasteiger partial charge on any atom is -0.481 e. The molecule has 0 atom stereocenters. The fourth-order valence-corrected chi connectivity index (χ4v) is 4.11. The van der Waals surface area contributed by atoms with Crippen molar-refractivity contribution < 1.29 is 48.3 Å². The molecule has 0 saturated heterocycles. The van der Waals surface area contributed by atoms with E-state index in [1.807, 2.05) is 0 Å². The molecule has 0 bridgehead atoms. The highest BCUT2D eigenvalue weighted by molar-refractivity contribution is 5.77. The van der Waals surface area contributed by atoms with Gasteiger partial charge in [0.2, 0.25) is 11.8 Å². The number of carbonyl (C=O) groups is 4. The van der Waals surface area contributed by atoms with E-state index in [0.717, 1.165) is 32.1 Å². The highest BCUT2D eigenvalue weighted by atomic mass is 16.5. The molecule has 0 unspecified atom stereocenters. The van der Waals surface area contributed by atoms with E-state index in [-0.39, 0.29) is 44.8 Å². The van der Waals surface area contributed by atoms with Crippen molar-refractivity contribution in [1.29, 1.82) is 0 Å². The van der Waals surface area contributed by atoms with Crippen LogP contribution in [0.3, 0.4) is 0 Å². The monoisotopic (exact) mass is 604 g/mol. The molecule has 0 aliphatic heterocycles. The number of unbranched alkanes of at least 4 members (excludes halogenated alkanes) is 13. The maximum Gasteiger partial charge on any atom is 0.329 e. The summed E-state index contributed by atoms with van der Waals surface area (Å²) < 4.78 is 20.7. The molecular formula is C30H56N2O10. The molecule has 0 aromatic carbocycles. The van der Waals surface area contributed by atoms with Crippen molar-refractivity contribution in [2.45, 2.75) is 103 Å². The summed E-state index contributed by atoms with van der Waals surface area (Å²) in [6.07, 6.45) is 17.1. The van der Waals surface area contributed by atoms with Gasteiger partial charge in [-0.15, -0.1) is 0 Å². The van der Waals surface area contributed by atoms with E-state index in [9.17, 15) is 19.2 Å². The molecule has 0 aliphatic rings. The first-order valence-corrected chi connectivity index (χ1v) is 15.7. The Morgan fingerprint density at radius 2 is 0.786 bits per heavy atom. The van der Waals surface area contributed by atoms with Crippen LogP contribution in [0.1, 0.15) is 103 Å². The summed E-state index contributed by atoms with van der Waals surface area (Å²) in [6, 6.07) is 0. The van der Waals surface area contributed by atoms with Gasteiger partial charge in [-0.05, 0) is 12.8 Å². The number of hydrogen-bond acceptors (Lipinski definition) is 8. The smallest absolute Gasteiger partial charge is 0.329 e. The summed E-state index contributed by atoms with van der Waals surface area (Å²) in [4.78, 5) is 44.3. The van der Waals surface area contributed by atoms with Crippen LogP contribution in [0.4, 0.5) is 0 Å². The second kappa shape index (κ2) is 31.7. The third-order valence-electron chi connectivity index (χ3n) is 6.38. The number of carboxylic acid groups (broad SMARTS) is 2. The van der Waals surface area contributed by atoms with E-state index in [1.165, 1.54) is 57.8 Å². The molecule has 0 radical (unpaired) electrons. The topological polar surface area (TPSA) is 170 Å². The van der Waals surface area contributed by atoms with Crippen molar-refractivity contribution in [2.24, 2.45) is 0 Å². The quantitative estimate of drug-likeness (QED) is 0.0810. The van der Waals surface area contributed by atoms with Gasteiger partial charge in [0.25, 0.3) is 0 Å². The fourth-order valence-electron chi connectivity index (χ4n) is 4.11. The summed E-state index contributed by atoms with van der Waals surface area (Å²) in [5.74, 6) is -1.94. The SMILES string of the molecule is O=C(O)CCCCCCCCCCCCCCCCC(=O)NCCOCCOCC(=O)NCCOCCOCC(=O)O. The van der Waals surface area contributed by atoms with Crippen LogP contribution in [0.5, 0.6) is 0 Å². The molecule has 12 nitrogen and oxygen atoms in total. The van der Waals surface area contributed by atoms with Gasteiger partial charge in [-0.3, -0.25) is 14.4 Å². The van der Waals surface area contributed by atoms with Gasteiger partial charge in [-0.25, -0.2) is 4.79 Å². The molecule has 246 valence electrons. The molecule has 2 amide bonds. The first-order valence-electron chi connectivity index (χ1n) is 15.7. The molecule has 0 aromatic rings. The van der Waals surface area contributed by atoms with Crippen LogP contribution < -0.4 is 10.6 Å². The first-order chi connectivity index (χ1) is 20.4. The zero-order valence-electron chi connectivity index (χ0n) is 25.5. The van der Waals surface area contributed by atoms with E-state index in [2.05, 4.69) is 10.6 Å². The maximum absolute atomic E-state index is 11.9. The summed E-state index contributed by atoms with van der Waals surface area (Å²) in [5, 5.41) is 22.5. The van der Waals surface area contributed by atoms with Crippen molar-refractivity contribution in [2.75, 3.05) is 65.9 Å². The molecule has 42 heavy (non-hydrogen) atoms. The first kappa shape index (κ1) is 39.7. The highest BCUT2D eigenvalue weighted by Gasteiger charge is 2.03. The Morgan fingerprint density at radius 3 is 1.24 bits per heavy atom. The summed E-state index contributed by atoms with van der Waals surface area (Å²) >= 11 is 0. The van der Waals surface area contributed by atoms with E-state index < -0.39 is 11.9 Å². The number of carboxylic acids is 2. The Hall–Kier alpha value is -2.28. The molecule has 0 aromatic heterocycles. The van der Waals surface area contributed by atoms with Crippen LogP contribution in [0.25, 0.3) is 0 Å². The lowest BCUT2D eigenvalue weighted by Crippen LogP contribution is -2.31. The van der Waals surface area contributed by atoms with Crippen molar-refractivity contribution in [1.82, 2.24) is 10.6 Å².